The summed E-state index contributed by atoms with van der Waals surface area (Å²) in [7, 11) is 1.31. The van der Waals surface area contributed by atoms with Crippen LogP contribution in [0, 0.1) is 6.92 Å². The van der Waals surface area contributed by atoms with Crippen LogP contribution in [0.4, 0.5) is 0 Å². The van der Waals surface area contributed by atoms with E-state index >= 15 is 0 Å². The van der Waals surface area contributed by atoms with Crippen molar-refractivity contribution < 1.29 is 14.3 Å². The Morgan fingerprint density at radius 1 is 1.60 bits per heavy atom. The molecule has 0 aliphatic rings. The van der Waals surface area contributed by atoms with Crippen molar-refractivity contribution in [1.29, 1.82) is 0 Å². The van der Waals surface area contributed by atoms with Gasteiger partial charge in [-0.2, -0.15) is 5.10 Å². The number of nitrogens with zero attached hydrogens (tertiary/aromatic N) is 1. The highest BCUT2D eigenvalue weighted by Gasteiger charge is 2.09. The van der Waals surface area contributed by atoms with Gasteiger partial charge in [-0.3, -0.25) is 14.7 Å². The van der Waals surface area contributed by atoms with Crippen LogP contribution in [0.1, 0.15) is 22.6 Å². The topological polar surface area (TPSA) is 84.1 Å². The number of carbonyl (C=O) groups is 2. The smallest absolute Gasteiger partial charge is 0.307 e. The number of methoxy groups -OCH3 is 1. The van der Waals surface area contributed by atoms with Crippen LogP contribution in [0.3, 0.4) is 0 Å². The molecule has 0 aromatic carbocycles. The minimum atomic E-state index is -0.353. The van der Waals surface area contributed by atoms with Gasteiger partial charge < -0.3 is 10.1 Å². The number of ether oxygens (including phenoxy) is 1. The summed E-state index contributed by atoms with van der Waals surface area (Å²) in [6.07, 6.45) is 0.158. The van der Waals surface area contributed by atoms with Gasteiger partial charge in [0, 0.05) is 12.2 Å². The van der Waals surface area contributed by atoms with Gasteiger partial charge in [0.25, 0.3) is 5.91 Å². The molecule has 6 nitrogen and oxygen atoms in total. The van der Waals surface area contributed by atoms with Crippen LogP contribution >= 0.6 is 0 Å². The highest BCUT2D eigenvalue weighted by atomic mass is 16.5. The molecule has 6 heteroatoms. The van der Waals surface area contributed by atoms with Crippen LogP contribution in [0.25, 0.3) is 0 Å². The summed E-state index contributed by atoms with van der Waals surface area (Å²) in [4.78, 5) is 22.1. The molecule has 0 fully saturated rings. The van der Waals surface area contributed by atoms with E-state index in [-0.39, 0.29) is 24.8 Å². The molecule has 82 valence electrons. The number of amides is 1. The molecule has 0 saturated carbocycles. The number of hydrogen-bond donors (Lipinski definition) is 2. The fourth-order valence-corrected chi connectivity index (χ4v) is 1.01. The number of esters is 1. The summed E-state index contributed by atoms with van der Waals surface area (Å²) in [5.74, 6) is -0.656. The van der Waals surface area contributed by atoms with E-state index in [1.54, 1.807) is 13.0 Å². The summed E-state index contributed by atoms with van der Waals surface area (Å²) >= 11 is 0. The van der Waals surface area contributed by atoms with Gasteiger partial charge in [0.15, 0.2) is 0 Å². The number of hydrogen-bond acceptors (Lipinski definition) is 4. The molecule has 0 spiro atoms. The minimum Gasteiger partial charge on any atom is -0.469 e. The maximum Gasteiger partial charge on any atom is 0.307 e. The van der Waals surface area contributed by atoms with Gasteiger partial charge in [-0.05, 0) is 13.0 Å². The Morgan fingerprint density at radius 3 is 2.87 bits per heavy atom. The Labute approximate surface area is 87.0 Å². The monoisotopic (exact) mass is 211 g/mol. The molecule has 0 aliphatic carbocycles. The Morgan fingerprint density at radius 2 is 2.33 bits per heavy atom. The maximum absolute atomic E-state index is 11.4. The normalized spacial score (nSPS) is 9.73. The molecule has 0 atom stereocenters. The van der Waals surface area contributed by atoms with Crippen LogP contribution in [-0.2, 0) is 9.53 Å². The molecule has 1 rings (SSSR count). The first-order valence-electron chi connectivity index (χ1n) is 4.50. The van der Waals surface area contributed by atoms with Crippen LogP contribution in [0.2, 0.25) is 0 Å². The van der Waals surface area contributed by atoms with E-state index in [9.17, 15) is 9.59 Å². The van der Waals surface area contributed by atoms with Gasteiger partial charge in [-0.25, -0.2) is 0 Å². The van der Waals surface area contributed by atoms with E-state index in [0.717, 1.165) is 5.69 Å². The zero-order valence-electron chi connectivity index (χ0n) is 8.66. The average Bonchev–Trinajstić information content (AvgIpc) is 2.64. The molecule has 0 unspecified atom stereocenters. The Kier molecular flexibility index (Phi) is 3.84. The number of aromatic amines is 1. The number of rotatable bonds is 4. The van der Waals surface area contributed by atoms with Gasteiger partial charge >= 0.3 is 5.97 Å². The number of carbonyl (C=O) groups excluding carboxylic acids is 2. The van der Waals surface area contributed by atoms with Crippen LogP contribution in [0.5, 0.6) is 0 Å². The molecular weight excluding hydrogens is 198 g/mol. The first-order valence-corrected chi connectivity index (χ1v) is 4.50. The molecule has 1 aromatic rings. The largest absolute Gasteiger partial charge is 0.469 e. The van der Waals surface area contributed by atoms with E-state index in [0.29, 0.717) is 5.69 Å². The van der Waals surface area contributed by atoms with Crippen LogP contribution < -0.4 is 5.32 Å². The molecule has 0 aliphatic heterocycles. The van der Waals surface area contributed by atoms with E-state index in [4.69, 9.17) is 0 Å². The highest BCUT2D eigenvalue weighted by Crippen LogP contribution is 1.96. The van der Waals surface area contributed by atoms with Crippen LogP contribution in [-0.4, -0.2) is 35.7 Å². The predicted molar refractivity (Wildman–Crippen MR) is 52.3 cm³/mol. The fraction of sp³-hybridized carbons (Fsp3) is 0.444. The Balaban J connectivity index is 2.34. The summed E-state index contributed by atoms with van der Waals surface area (Å²) in [6, 6.07) is 1.63. The summed E-state index contributed by atoms with van der Waals surface area (Å²) in [5.41, 5.74) is 1.13. The van der Waals surface area contributed by atoms with E-state index < -0.39 is 0 Å². The number of aromatic nitrogens is 2. The number of nitrogens with one attached hydrogen (secondary N) is 2. The molecular formula is C9H13N3O3. The highest BCUT2D eigenvalue weighted by molar-refractivity contribution is 5.92. The number of H-pyrrole nitrogens is 1. The van der Waals surface area contributed by atoms with Crippen molar-refractivity contribution in [3.63, 3.8) is 0 Å². The minimum absolute atomic E-state index is 0.158. The Hall–Kier alpha value is -1.85. The van der Waals surface area contributed by atoms with Gasteiger partial charge in [0.05, 0.1) is 13.5 Å². The molecule has 2 N–H and O–H groups in total. The van der Waals surface area contributed by atoms with Crippen molar-refractivity contribution in [2.45, 2.75) is 13.3 Å². The van der Waals surface area contributed by atoms with E-state index in [1.165, 1.54) is 7.11 Å². The lowest BCUT2D eigenvalue weighted by Gasteiger charge is -2.01. The van der Waals surface area contributed by atoms with Crippen molar-refractivity contribution >= 4 is 11.9 Å². The van der Waals surface area contributed by atoms with E-state index in [1.807, 2.05) is 0 Å². The molecule has 1 amide bonds. The maximum atomic E-state index is 11.4. The second kappa shape index (κ2) is 5.14. The lowest BCUT2D eigenvalue weighted by atomic mass is 10.3. The molecule has 15 heavy (non-hydrogen) atoms. The lowest BCUT2D eigenvalue weighted by Crippen LogP contribution is -2.26. The van der Waals surface area contributed by atoms with E-state index in [2.05, 4.69) is 20.3 Å². The average molecular weight is 211 g/mol. The third-order valence-corrected chi connectivity index (χ3v) is 1.78. The molecule has 1 heterocycles. The quantitative estimate of drug-likeness (QED) is 0.687. The lowest BCUT2D eigenvalue weighted by molar-refractivity contribution is -0.140. The van der Waals surface area contributed by atoms with Crippen molar-refractivity contribution in [1.82, 2.24) is 15.5 Å². The molecule has 0 saturated heterocycles. The third kappa shape index (κ3) is 3.41. The SMILES string of the molecule is COC(=O)CCNC(=O)c1cc(C)[nH]n1. The van der Waals surface area contributed by atoms with Crippen molar-refractivity contribution in [3.05, 3.63) is 17.5 Å². The first kappa shape index (κ1) is 11.2. The van der Waals surface area contributed by atoms with Crippen molar-refractivity contribution in [2.24, 2.45) is 0 Å². The zero-order valence-corrected chi connectivity index (χ0v) is 8.66. The fourth-order valence-electron chi connectivity index (χ4n) is 1.01. The van der Waals surface area contributed by atoms with Gasteiger partial charge in [0.2, 0.25) is 0 Å². The standard InChI is InChI=1S/C9H13N3O3/c1-6-5-7(12-11-6)9(14)10-4-3-8(13)15-2/h5H,3-4H2,1-2H3,(H,10,14)(H,11,12). The van der Waals surface area contributed by atoms with Crippen LogP contribution in [0.15, 0.2) is 6.07 Å². The first-order chi connectivity index (χ1) is 7.13. The van der Waals surface area contributed by atoms with Gasteiger partial charge in [-0.1, -0.05) is 0 Å². The zero-order chi connectivity index (χ0) is 11.3. The number of aryl methyl sites for hydroxylation is 1. The second-order valence-corrected chi connectivity index (χ2v) is 3.02. The molecule has 1 aromatic heterocycles. The molecule has 0 bridgehead atoms. The second-order valence-electron chi connectivity index (χ2n) is 3.02. The summed E-state index contributed by atoms with van der Waals surface area (Å²) in [6.45, 7) is 2.05. The van der Waals surface area contributed by atoms with Crippen molar-refractivity contribution in [2.75, 3.05) is 13.7 Å². The third-order valence-electron chi connectivity index (χ3n) is 1.78. The summed E-state index contributed by atoms with van der Waals surface area (Å²) in [5, 5.41) is 8.99. The Bertz CT molecular complexity index is 359. The summed E-state index contributed by atoms with van der Waals surface area (Å²) < 4.78 is 4.43. The van der Waals surface area contributed by atoms with Crippen molar-refractivity contribution in [3.8, 4) is 0 Å². The van der Waals surface area contributed by atoms with Gasteiger partial charge in [-0.15, -0.1) is 0 Å². The van der Waals surface area contributed by atoms with Gasteiger partial charge in [0.1, 0.15) is 5.69 Å². The molecule has 0 radical (unpaired) electrons. The predicted octanol–water partition coefficient (Wildman–Crippen LogP) is 0.0110.